The Morgan fingerprint density at radius 2 is 2.00 bits per heavy atom. The Morgan fingerprint density at radius 1 is 1.19 bits per heavy atom. The van der Waals surface area contributed by atoms with Crippen LogP contribution in [0.15, 0.2) is 53.9 Å². The molecule has 1 heterocycles. The molecule has 0 aliphatic heterocycles. The molecule has 1 N–H and O–H groups in total. The topological polar surface area (TPSA) is 55.8 Å². The molecule has 0 saturated heterocycles. The van der Waals surface area contributed by atoms with Gasteiger partial charge in [-0.2, -0.15) is 0 Å². The molecule has 2 aliphatic rings. The van der Waals surface area contributed by atoms with Crippen LogP contribution in [0.5, 0.6) is 11.5 Å². The first kappa shape index (κ1) is 25.5. The lowest BCUT2D eigenvalue weighted by Gasteiger charge is -2.24. The molecule has 0 bridgehead atoms. The van der Waals surface area contributed by atoms with Gasteiger partial charge in [0.15, 0.2) is 0 Å². The van der Waals surface area contributed by atoms with Crippen molar-refractivity contribution in [2.75, 3.05) is 7.11 Å². The average molecular weight is 521 g/mol. The van der Waals surface area contributed by atoms with E-state index in [0.29, 0.717) is 23.8 Å². The van der Waals surface area contributed by atoms with E-state index in [1.807, 2.05) is 24.3 Å². The van der Waals surface area contributed by atoms with Gasteiger partial charge in [0.05, 0.1) is 13.5 Å². The summed E-state index contributed by atoms with van der Waals surface area (Å²) in [4.78, 5) is 12.3. The molecule has 3 aromatic rings. The minimum absolute atomic E-state index is 0.0184. The van der Waals surface area contributed by atoms with Gasteiger partial charge in [-0.05, 0) is 89.8 Å². The van der Waals surface area contributed by atoms with Crippen molar-refractivity contribution in [1.29, 1.82) is 0 Å². The second-order valence-corrected chi connectivity index (χ2v) is 11.6. The summed E-state index contributed by atoms with van der Waals surface area (Å²) < 4.78 is 26.7. The third-order valence-corrected chi connectivity index (χ3v) is 8.73. The number of carbonyl (C=O) groups is 1. The van der Waals surface area contributed by atoms with E-state index in [2.05, 4.69) is 25.3 Å². The van der Waals surface area contributed by atoms with E-state index in [4.69, 9.17) is 9.47 Å². The SMILES string of the molecule is COc1ccc(F)c(-c2scc(COc3cccc([C@@H](CC(=O)O)C4CC4)c3)c2C2=CCCC2(C)C)c1. The van der Waals surface area contributed by atoms with Crippen LogP contribution in [0.25, 0.3) is 16.0 Å². The fraction of sp³-hybridized carbons (Fsp3) is 0.387. The molecule has 0 unspecified atom stereocenters. The molecule has 0 amide bonds. The molecule has 2 aliphatic carbocycles. The molecule has 1 fully saturated rings. The Balaban J connectivity index is 1.47. The summed E-state index contributed by atoms with van der Waals surface area (Å²) in [6, 6.07) is 12.7. The van der Waals surface area contributed by atoms with Gasteiger partial charge >= 0.3 is 5.97 Å². The number of carboxylic acid groups (broad SMARTS) is 1. The zero-order valence-corrected chi connectivity index (χ0v) is 22.4. The first-order valence-electron chi connectivity index (χ1n) is 12.9. The van der Waals surface area contributed by atoms with E-state index in [1.165, 1.54) is 23.0 Å². The maximum Gasteiger partial charge on any atom is 0.303 e. The fourth-order valence-corrected chi connectivity index (χ4v) is 6.56. The number of methoxy groups -OCH3 is 1. The second-order valence-electron chi connectivity index (χ2n) is 10.8. The molecule has 1 aromatic heterocycles. The van der Waals surface area contributed by atoms with Crippen LogP contribution in [-0.4, -0.2) is 18.2 Å². The minimum atomic E-state index is -0.768. The van der Waals surface area contributed by atoms with Gasteiger partial charge in [0.1, 0.15) is 23.9 Å². The van der Waals surface area contributed by atoms with Crippen LogP contribution in [0.3, 0.4) is 0 Å². The van der Waals surface area contributed by atoms with Gasteiger partial charge < -0.3 is 14.6 Å². The minimum Gasteiger partial charge on any atom is -0.497 e. The summed E-state index contributed by atoms with van der Waals surface area (Å²) in [5, 5.41) is 11.5. The van der Waals surface area contributed by atoms with Crippen LogP contribution in [0.2, 0.25) is 0 Å². The van der Waals surface area contributed by atoms with Crippen LogP contribution in [0, 0.1) is 17.2 Å². The first-order valence-corrected chi connectivity index (χ1v) is 13.7. The lowest BCUT2D eigenvalue weighted by atomic mass is 9.80. The monoisotopic (exact) mass is 520 g/mol. The third-order valence-electron chi connectivity index (χ3n) is 7.67. The number of allylic oxidation sites excluding steroid dienone is 2. The summed E-state index contributed by atoms with van der Waals surface area (Å²) >= 11 is 1.53. The lowest BCUT2D eigenvalue weighted by molar-refractivity contribution is -0.137. The van der Waals surface area contributed by atoms with Gasteiger partial charge in [-0.1, -0.05) is 32.1 Å². The number of benzene rings is 2. The highest BCUT2D eigenvalue weighted by atomic mass is 32.1. The zero-order chi connectivity index (χ0) is 26.2. The molecule has 1 saturated carbocycles. The third kappa shape index (κ3) is 5.45. The maximum absolute atomic E-state index is 15.1. The highest BCUT2D eigenvalue weighted by Crippen LogP contribution is 2.51. The van der Waals surface area contributed by atoms with E-state index < -0.39 is 5.97 Å². The Bertz CT molecular complexity index is 1330. The summed E-state index contributed by atoms with van der Waals surface area (Å²) in [7, 11) is 1.59. The summed E-state index contributed by atoms with van der Waals surface area (Å²) in [6.07, 6.45) is 6.62. The predicted molar refractivity (Wildman–Crippen MR) is 146 cm³/mol. The van der Waals surface area contributed by atoms with Crippen molar-refractivity contribution in [2.24, 2.45) is 11.3 Å². The van der Waals surface area contributed by atoms with Crippen molar-refractivity contribution in [3.05, 3.63) is 76.4 Å². The quantitative estimate of drug-likeness (QED) is 0.292. The van der Waals surface area contributed by atoms with Crippen molar-refractivity contribution in [3.8, 4) is 21.9 Å². The van der Waals surface area contributed by atoms with E-state index in [1.54, 1.807) is 19.2 Å². The molecular formula is C31H33FO4S. The van der Waals surface area contributed by atoms with E-state index in [9.17, 15) is 9.90 Å². The van der Waals surface area contributed by atoms with Crippen molar-refractivity contribution < 1.29 is 23.8 Å². The number of hydrogen-bond acceptors (Lipinski definition) is 4. The number of thiophene rings is 1. The van der Waals surface area contributed by atoms with Crippen molar-refractivity contribution >= 4 is 22.9 Å². The molecule has 37 heavy (non-hydrogen) atoms. The van der Waals surface area contributed by atoms with Crippen molar-refractivity contribution in [3.63, 3.8) is 0 Å². The lowest BCUT2D eigenvalue weighted by Crippen LogP contribution is -2.11. The van der Waals surface area contributed by atoms with Gasteiger partial charge in [0, 0.05) is 21.6 Å². The average Bonchev–Trinajstić information content (AvgIpc) is 3.54. The number of halogens is 1. The maximum atomic E-state index is 15.1. The standard InChI is InChI=1S/C31H33FO4S/c1-31(2)13-5-8-26(31)29-21(18-37-30(29)25-15-22(35-3)11-12-27(25)32)17-36-23-7-4-6-20(14-23)24(16-28(33)34)19-9-10-19/h4,6-8,11-12,14-15,18-19,24H,5,9-10,13,16-17H2,1-3H3,(H,33,34)/t24-/m0/s1. The molecule has 1 atom stereocenters. The Hall–Kier alpha value is -3.12. The smallest absolute Gasteiger partial charge is 0.303 e. The van der Waals surface area contributed by atoms with Gasteiger partial charge in [-0.15, -0.1) is 11.3 Å². The molecule has 4 nitrogen and oxygen atoms in total. The predicted octanol–water partition coefficient (Wildman–Crippen LogP) is 8.31. The number of carboxylic acids is 1. The Kier molecular flexibility index (Phi) is 7.13. The number of hydrogen-bond donors (Lipinski definition) is 1. The fourth-order valence-electron chi connectivity index (χ4n) is 5.47. The normalized spacial score (nSPS) is 17.4. The number of aliphatic carboxylic acids is 1. The molecule has 0 radical (unpaired) electrons. The summed E-state index contributed by atoms with van der Waals surface area (Å²) in [5.41, 5.74) is 4.85. The van der Waals surface area contributed by atoms with E-state index in [0.717, 1.165) is 53.0 Å². The first-order chi connectivity index (χ1) is 17.8. The van der Waals surface area contributed by atoms with Crippen LogP contribution in [0.1, 0.15) is 68.6 Å². The van der Waals surface area contributed by atoms with Crippen molar-refractivity contribution in [2.45, 2.75) is 58.5 Å². The molecule has 6 heteroatoms. The summed E-state index contributed by atoms with van der Waals surface area (Å²) in [6.45, 7) is 4.83. The molecule has 5 rings (SSSR count). The number of ether oxygens (including phenoxy) is 2. The van der Waals surface area contributed by atoms with Gasteiger partial charge in [0.25, 0.3) is 0 Å². The van der Waals surface area contributed by atoms with Crippen molar-refractivity contribution in [1.82, 2.24) is 0 Å². The Morgan fingerprint density at radius 3 is 2.68 bits per heavy atom. The highest BCUT2D eigenvalue weighted by molar-refractivity contribution is 7.14. The van der Waals surface area contributed by atoms with Crippen LogP contribution in [-0.2, 0) is 11.4 Å². The van der Waals surface area contributed by atoms with Crippen LogP contribution in [0.4, 0.5) is 4.39 Å². The molecule has 0 spiro atoms. The van der Waals surface area contributed by atoms with E-state index in [-0.39, 0.29) is 23.6 Å². The molecule has 2 aromatic carbocycles. The zero-order valence-electron chi connectivity index (χ0n) is 21.6. The second kappa shape index (κ2) is 10.3. The van der Waals surface area contributed by atoms with Crippen LogP contribution < -0.4 is 9.47 Å². The Labute approximate surface area is 221 Å². The van der Waals surface area contributed by atoms with E-state index >= 15 is 4.39 Å². The van der Waals surface area contributed by atoms with Crippen LogP contribution >= 0.6 is 11.3 Å². The number of rotatable bonds is 10. The van der Waals surface area contributed by atoms with Gasteiger partial charge in [-0.3, -0.25) is 4.79 Å². The van der Waals surface area contributed by atoms with Gasteiger partial charge in [0.2, 0.25) is 0 Å². The van der Waals surface area contributed by atoms with Gasteiger partial charge in [-0.25, -0.2) is 4.39 Å². The highest BCUT2D eigenvalue weighted by Gasteiger charge is 2.34. The molecular weight excluding hydrogens is 487 g/mol. The largest absolute Gasteiger partial charge is 0.497 e. The molecule has 194 valence electrons. The summed E-state index contributed by atoms with van der Waals surface area (Å²) in [5.74, 6) is 0.758.